The quantitative estimate of drug-likeness (QED) is 0.391. The molecule has 4 heterocycles. The van der Waals surface area contributed by atoms with E-state index in [1.165, 1.54) is 5.69 Å². The second kappa shape index (κ2) is 9.79. The molecule has 3 aromatic heterocycles. The molecule has 1 aromatic carbocycles. The normalized spacial score (nSPS) is 14.7. The molecule has 4 aromatic rings. The average molecular weight is 489 g/mol. The first kappa shape index (κ1) is 23.5. The topological polar surface area (TPSA) is 66.3 Å². The molecule has 35 heavy (non-hydrogen) atoms. The molecule has 0 unspecified atom stereocenters. The van der Waals surface area contributed by atoms with Crippen LogP contribution in [0, 0.1) is 6.92 Å². The number of amides is 1. The highest BCUT2D eigenvalue weighted by Gasteiger charge is 2.20. The summed E-state index contributed by atoms with van der Waals surface area (Å²) in [4.78, 5) is 24.3. The number of benzene rings is 1. The minimum atomic E-state index is -0.147. The third kappa shape index (κ3) is 4.68. The van der Waals surface area contributed by atoms with Gasteiger partial charge in [0.05, 0.1) is 27.7 Å². The number of carbonyl (C=O) groups is 1. The molecule has 182 valence electrons. The Bertz CT molecular complexity index is 1340. The largest absolute Gasteiger partial charge is 0.369 e. The van der Waals surface area contributed by atoms with Crippen molar-refractivity contribution in [3.05, 3.63) is 59.1 Å². The number of hydrogen-bond acceptors (Lipinski definition) is 6. The number of aromatic nitrogens is 3. The van der Waals surface area contributed by atoms with E-state index in [1.807, 2.05) is 34.3 Å². The Kier molecular flexibility index (Phi) is 6.58. The zero-order chi connectivity index (χ0) is 24.5. The van der Waals surface area contributed by atoms with Crippen LogP contribution in [0.1, 0.15) is 42.7 Å². The lowest BCUT2D eigenvalue weighted by Gasteiger charge is -2.35. The van der Waals surface area contributed by atoms with E-state index in [0.717, 1.165) is 65.6 Å². The van der Waals surface area contributed by atoms with Crippen molar-refractivity contribution in [1.29, 1.82) is 0 Å². The van der Waals surface area contributed by atoms with Gasteiger partial charge >= 0.3 is 0 Å². The summed E-state index contributed by atoms with van der Waals surface area (Å²) in [6.07, 6.45) is 1.75. The van der Waals surface area contributed by atoms with Crippen molar-refractivity contribution >= 4 is 39.7 Å². The van der Waals surface area contributed by atoms with Crippen LogP contribution in [0.15, 0.2) is 48.0 Å². The van der Waals surface area contributed by atoms with Gasteiger partial charge in [-0.2, -0.15) is 5.10 Å². The zero-order valence-corrected chi connectivity index (χ0v) is 21.6. The van der Waals surface area contributed by atoms with Crippen LogP contribution in [0.4, 0.5) is 11.4 Å². The molecule has 0 bridgehead atoms. The molecule has 1 amide bonds. The second-order valence-electron chi connectivity index (χ2n) is 9.33. The van der Waals surface area contributed by atoms with Gasteiger partial charge in [0, 0.05) is 43.6 Å². The minimum Gasteiger partial charge on any atom is -0.369 e. The summed E-state index contributed by atoms with van der Waals surface area (Å²) in [5.74, 6) is -0.147. The molecule has 0 atom stereocenters. The van der Waals surface area contributed by atoms with Gasteiger partial charge in [-0.1, -0.05) is 13.0 Å². The third-order valence-corrected chi connectivity index (χ3v) is 7.61. The Morgan fingerprint density at radius 3 is 2.60 bits per heavy atom. The van der Waals surface area contributed by atoms with E-state index in [0.29, 0.717) is 5.56 Å². The Labute approximate surface area is 210 Å². The molecule has 1 N–H and O–H groups in total. The fraction of sp³-hybridized carbons (Fsp3) is 0.370. The fourth-order valence-corrected chi connectivity index (χ4v) is 5.32. The van der Waals surface area contributed by atoms with Crippen molar-refractivity contribution in [2.75, 3.05) is 42.9 Å². The molecule has 8 heteroatoms. The first-order valence-corrected chi connectivity index (χ1v) is 13.1. The van der Waals surface area contributed by atoms with E-state index in [-0.39, 0.29) is 11.9 Å². The van der Waals surface area contributed by atoms with Crippen LogP contribution in [-0.2, 0) is 0 Å². The van der Waals surface area contributed by atoms with Crippen LogP contribution in [0.25, 0.3) is 21.6 Å². The fourth-order valence-electron chi connectivity index (χ4n) is 4.63. The van der Waals surface area contributed by atoms with Gasteiger partial charge in [0.2, 0.25) is 0 Å². The van der Waals surface area contributed by atoms with E-state index >= 15 is 0 Å². The van der Waals surface area contributed by atoms with Crippen molar-refractivity contribution in [2.24, 2.45) is 0 Å². The van der Waals surface area contributed by atoms with Crippen LogP contribution in [0.3, 0.4) is 0 Å². The van der Waals surface area contributed by atoms with E-state index < -0.39 is 0 Å². The number of carbonyl (C=O) groups excluding carboxylic acids is 1. The smallest absolute Gasteiger partial charge is 0.256 e. The summed E-state index contributed by atoms with van der Waals surface area (Å²) in [5.41, 5.74) is 5.19. The molecule has 0 saturated carbocycles. The van der Waals surface area contributed by atoms with E-state index in [4.69, 9.17) is 4.98 Å². The first-order chi connectivity index (χ1) is 16.9. The standard InChI is InChI=1S/C27H32N6OS/c1-5-31-10-12-32(13-11-31)20-8-9-23(19(4)15-20)30-27(34)21-16-24(25-7-6-14-35-25)29-26-22(21)17-28-33(26)18(2)3/h6-9,14-18H,5,10-13H2,1-4H3,(H,30,34). The van der Waals surface area contributed by atoms with Gasteiger partial charge in [-0.15, -0.1) is 11.3 Å². The van der Waals surface area contributed by atoms with Crippen molar-refractivity contribution in [3.8, 4) is 10.6 Å². The van der Waals surface area contributed by atoms with Crippen molar-refractivity contribution in [3.63, 3.8) is 0 Å². The van der Waals surface area contributed by atoms with Gasteiger partial charge in [0.25, 0.3) is 5.91 Å². The summed E-state index contributed by atoms with van der Waals surface area (Å²) in [6.45, 7) is 13.7. The summed E-state index contributed by atoms with van der Waals surface area (Å²) < 4.78 is 1.88. The van der Waals surface area contributed by atoms with Gasteiger partial charge in [-0.3, -0.25) is 4.79 Å². The predicted octanol–water partition coefficient (Wildman–Crippen LogP) is 5.44. The molecule has 1 fully saturated rings. The van der Waals surface area contributed by atoms with Gasteiger partial charge in [0.1, 0.15) is 0 Å². The molecule has 5 rings (SSSR count). The summed E-state index contributed by atoms with van der Waals surface area (Å²) in [6, 6.07) is 12.4. The lowest BCUT2D eigenvalue weighted by Crippen LogP contribution is -2.46. The van der Waals surface area contributed by atoms with Crippen LogP contribution in [0.2, 0.25) is 0 Å². The number of rotatable bonds is 6. The summed E-state index contributed by atoms with van der Waals surface area (Å²) in [7, 11) is 0. The van der Waals surface area contributed by atoms with Crippen LogP contribution in [-0.4, -0.2) is 58.3 Å². The maximum absolute atomic E-state index is 13.5. The number of nitrogens with zero attached hydrogens (tertiary/aromatic N) is 5. The predicted molar refractivity (Wildman–Crippen MR) is 145 cm³/mol. The number of likely N-dealkylation sites (N-methyl/N-ethyl adjacent to an activating group) is 1. The highest BCUT2D eigenvalue weighted by atomic mass is 32.1. The third-order valence-electron chi connectivity index (χ3n) is 6.72. The van der Waals surface area contributed by atoms with Crippen molar-refractivity contribution < 1.29 is 4.79 Å². The number of thiophene rings is 1. The second-order valence-corrected chi connectivity index (χ2v) is 10.3. The Balaban J connectivity index is 1.44. The summed E-state index contributed by atoms with van der Waals surface area (Å²) in [5, 5.41) is 10.5. The highest BCUT2D eigenvalue weighted by Crippen LogP contribution is 2.30. The molecule has 0 spiro atoms. The van der Waals surface area contributed by atoms with Gasteiger partial charge in [-0.05, 0) is 68.6 Å². The van der Waals surface area contributed by atoms with Gasteiger partial charge in [0.15, 0.2) is 5.65 Å². The average Bonchev–Trinajstić information content (AvgIpc) is 3.55. The monoisotopic (exact) mass is 488 g/mol. The number of nitrogens with one attached hydrogen (secondary N) is 1. The first-order valence-electron chi connectivity index (χ1n) is 12.3. The number of fused-ring (bicyclic) bond motifs is 1. The Morgan fingerprint density at radius 2 is 1.94 bits per heavy atom. The molecular formula is C27H32N6OS. The minimum absolute atomic E-state index is 0.142. The van der Waals surface area contributed by atoms with E-state index in [1.54, 1.807) is 17.5 Å². The SMILES string of the molecule is CCN1CCN(c2ccc(NC(=O)c3cc(-c4cccs4)nc4c3cnn4C(C)C)c(C)c2)CC1. The van der Waals surface area contributed by atoms with Crippen molar-refractivity contribution in [1.82, 2.24) is 19.7 Å². The van der Waals surface area contributed by atoms with Crippen LogP contribution < -0.4 is 10.2 Å². The lowest BCUT2D eigenvalue weighted by molar-refractivity contribution is 0.102. The number of anilines is 2. The molecule has 7 nitrogen and oxygen atoms in total. The number of pyridine rings is 1. The maximum Gasteiger partial charge on any atom is 0.256 e. The maximum atomic E-state index is 13.5. The number of aryl methyl sites for hydroxylation is 1. The lowest BCUT2D eigenvalue weighted by atomic mass is 10.1. The molecule has 0 aliphatic carbocycles. The zero-order valence-electron chi connectivity index (χ0n) is 20.8. The molecular weight excluding hydrogens is 456 g/mol. The Morgan fingerprint density at radius 1 is 1.14 bits per heavy atom. The highest BCUT2D eigenvalue weighted by molar-refractivity contribution is 7.13. The molecule has 1 aliphatic rings. The van der Waals surface area contributed by atoms with E-state index in [9.17, 15) is 4.79 Å². The molecule has 0 radical (unpaired) electrons. The van der Waals surface area contributed by atoms with Crippen LogP contribution in [0.5, 0.6) is 0 Å². The molecule has 1 saturated heterocycles. The van der Waals surface area contributed by atoms with Gasteiger partial charge in [-0.25, -0.2) is 9.67 Å². The Hall–Kier alpha value is -3.23. The molecule has 1 aliphatic heterocycles. The number of hydrogen-bond donors (Lipinski definition) is 1. The van der Waals surface area contributed by atoms with Gasteiger partial charge < -0.3 is 15.1 Å². The van der Waals surface area contributed by atoms with Crippen LogP contribution >= 0.6 is 11.3 Å². The summed E-state index contributed by atoms with van der Waals surface area (Å²) >= 11 is 1.61. The van der Waals surface area contributed by atoms with Crippen molar-refractivity contribution in [2.45, 2.75) is 33.7 Å². The van der Waals surface area contributed by atoms with E-state index in [2.05, 4.69) is 60.0 Å². The number of piperazine rings is 1.